The fraction of sp³-hybridized carbons (Fsp3) is 0.333. The van der Waals surface area contributed by atoms with Gasteiger partial charge in [0.2, 0.25) is 0 Å². The molecule has 21 heavy (non-hydrogen) atoms. The van der Waals surface area contributed by atoms with Gasteiger partial charge in [0.05, 0.1) is 5.69 Å². The molecule has 0 aliphatic rings. The summed E-state index contributed by atoms with van der Waals surface area (Å²) in [5.41, 5.74) is 3.92. The van der Waals surface area contributed by atoms with E-state index in [9.17, 15) is 4.79 Å². The molecule has 2 aromatic rings. The Morgan fingerprint density at radius 3 is 2.76 bits per heavy atom. The van der Waals surface area contributed by atoms with Gasteiger partial charge in [0.25, 0.3) is 5.91 Å². The van der Waals surface area contributed by atoms with E-state index < -0.39 is 0 Å². The highest BCUT2D eigenvalue weighted by molar-refractivity contribution is 7.11. The van der Waals surface area contributed by atoms with Crippen molar-refractivity contribution in [2.24, 2.45) is 5.84 Å². The number of nitrogens with zero attached hydrogens (tertiary/aromatic N) is 1. The highest BCUT2D eigenvalue weighted by Gasteiger charge is 2.18. The monoisotopic (exact) mass is 305 g/mol. The lowest BCUT2D eigenvalue weighted by atomic mass is 9.86. The zero-order valence-electron chi connectivity index (χ0n) is 12.3. The lowest BCUT2D eigenvalue weighted by molar-refractivity contribution is 0.0953. The third-order valence-corrected chi connectivity index (χ3v) is 3.84. The quantitative estimate of drug-likeness (QED) is 0.517. The minimum absolute atomic E-state index is 0.00324. The van der Waals surface area contributed by atoms with Crippen LogP contribution in [0, 0.1) is 0 Å². The number of carbonyl (C=O) groups is 1. The Labute approximate surface area is 128 Å². The van der Waals surface area contributed by atoms with Gasteiger partial charge in [-0.3, -0.25) is 10.2 Å². The number of carbonyl (C=O) groups excluding carboxylic acids is 1. The van der Waals surface area contributed by atoms with Crippen LogP contribution in [-0.4, -0.2) is 10.9 Å². The van der Waals surface area contributed by atoms with E-state index in [-0.39, 0.29) is 11.3 Å². The highest BCUT2D eigenvalue weighted by atomic mass is 32.1. The van der Waals surface area contributed by atoms with Crippen molar-refractivity contribution in [3.8, 4) is 5.75 Å². The average molecular weight is 305 g/mol. The van der Waals surface area contributed by atoms with Gasteiger partial charge in [0, 0.05) is 5.38 Å². The molecule has 5 nitrogen and oxygen atoms in total. The number of benzene rings is 1. The zero-order valence-corrected chi connectivity index (χ0v) is 13.2. The Bertz CT molecular complexity index is 632. The number of hydrogen-bond donors (Lipinski definition) is 2. The van der Waals surface area contributed by atoms with Crippen LogP contribution in [0.2, 0.25) is 0 Å². The first-order valence-electron chi connectivity index (χ1n) is 6.59. The molecule has 0 radical (unpaired) electrons. The highest BCUT2D eigenvalue weighted by Crippen LogP contribution is 2.31. The molecule has 3 N–H and O–H groups in total. The predicted octanol–water partition coefficient (Wildman–Crippen LogP) is 2.62. The van der Waals surface area contributed by atoms with Crippen molar-refractivity contribution in [1.29, 1.82) is 0 Å². The van der Waals surface area contributed by atoms with Crippen molar-refractivity contribution in [3.05, 3.63) is 45.9 Å². The maximum Gasteiger partial charge on any atom is 0.294 e. The number of thiazole rings is 1. The summed E-state index contributed by atoms with van der Waals surface area (Å²) in [6.45, 7) is 6.74. The standard InChI is InChI=1S/C15H19N3O2S/c1-15(2,3)11-6-4-5-7-12(11)20-8-10-9-21-14(17-10)13(19)18-16/h4-7,9H,8,16H2,1-3H3,(H,18,19). The summed E-state index contributed by atoms with van der Waals surface area (Å²) in [5, 5.41) is 2.13. The molecule has 2 rings (SSSR count). The van der Waals surface area contributed by atoms with Crippen LogP contribution in [0.3, 0.4) is 0 Å². The Balaban J connectivity index is 2.10. The number of nitrogen functional groups attached to an aromatic ring is 1. The summed E-state index contributed by atoms with van der Waals surface area (Å²) in [5.74, 6) is 5.53. The van der Waals surface area contributed by atoms with Crippen molar-refractivity contribution in [2.45, 2.75) is 32.8 Å². The Morgan fingerprint density at radius 2 is 2.10 bits per heavy atom. The minimum atomic E-state index is -0.388. The summed E-state index contributed by atoms with van der Waals surface area (Å²) >= 11 is 1.24. The first-order valence-corrected chi connectivity index (χ1v) is 7.47. The summed E-state index contributed by atoms with van der Waals surface area (Å²) in [6, 6.07) is 7.95. The lowest BCUT2D eigenvalue weighted by Crippen LogP contribution is -2.29. The fourth-order valence-corrected chi connectivity index (χ4v) is 2.61. The number of hydrazine groups is 1. The number of amides is 1. The Kier molecular flexibility index (Phi) is 4.59. The summed E-state index contributed by atoms with van der Waals surface area (Å²) in [6.07, 6.45) is 0. The third kappa shape index (κ3) is 3.80. The molecule has 0 bridgehead atoms. The zero-order chi connectivity index (χ0) is 15.5. The molecular weight excluding hydrogens is 286 g/mol. The average Bonchev–Trinajstić information content (AvgIpc) is 2.92. The van der Waals surface area contributed by atoms with Gasteiger partial charge in [-0.25, -0.2) is 10.8 Å². The van der Waals surface area contributed by atoms with Crippen molar-refractivity contribution in [3.63, 3.8) is 0 Å². The van der Waals surface area contributed by atoms with Crippen molar-refractivity contribution < 1.29 is 9.53 Å². The molecule has 1 heterocycles. The van der Waals surface area contributed by atoms with Gasteiger partial charge < -0.3 is 4.74 Å². The van der Waals surface area contributed by atoms with E-state index in [2.05, 4.69) is 37.2 Å². The Morgan fingerprint density at radius 1 is 1.38 bits per heavy atom. The van der Waals surface area contributed by atoms with E-state index in [1.807, 2.05) is 18.2 Å². The summed E-state index contributed by atoms with van der Waals surface area (Å²) < 4.78 is 5.86. The number of aromatic nitrogens is 1. The first kappa shape index (κ1) is 15.5. The molecule has 1 aromatic carbocycles. The Hall–Kier alpha value is -1.92. The molecule has 0 atom stereocenters. The van der Waals surface area contributed by atoms with Crippen LogP contribution < -0.4 is 16.0 Å². The number of ether oxygens (including phenoxy) is 1. The van der Waals surface area contributed by atoms with Gasteiger partial charge in [-0.05, 0) is 17.0 Å². The second-order valence-electron chi connectivity index (χ2n) is 5.65. The van der Waals surface area contributed by atoms with E-state index >= 15 is 0 Å². The molecule has 0 fully saturated rings. The van der Waals surface area contributed by atoms with E-state index in [0.717, 1.165) is 11.3 Å². The van der Waals surface area contributed by atoms with Gasteiger partial charge in [-0.1, -0.05) is 39.0 Å². The fourth-order valence-electron chi connectivity index (χ4n) is 1.90. The van der Waals surface area contributed by atoms with Crippen molar-refractivity contribution >= 4 is 17.2 Å². The number of para-hydroxylation sites is 1. The van der Waals surface area contributed by atoms with E-state index in [0.29, 0.717) is 17.3 Å². The second kappa shape index (κ2) is 6.24. The SMILES string of the molecule is CC(C)(C)c1ccccc1OCc1csc(C(=O)NN)n1. The maximum absolute atomic E-state index is 11.4. The molecule has 112 valence electrons. The smallest absolute Gasteiger partial charge is 0.294 e. The molecule has 0 unspecified atom stereocenters. The van der Waals surface area contributed by atoms with Gasteiger partial charge >= 0.3 is 0 Å². The van der Waals surface area contributed by atoms with Crippen LogP contribution in [0.25, 0.3) is 0 Å². The molecule has 1 aromatic heterocycles. The van der Waals surface area contributed by atoms with Crippen LogP contribution in [0.5, 0.6) is 5.75 Å². The minimum Gasteiger partial charge on any atom is -0.487 e. The van der Waals surface area contributed by atoms with Crippen LogP contribution in [-0.2, 0) is 12.0 Å². The molecular formula is C15H19N3O2S. The topological polar surface area (TPSA) is 77.2 Å². The van der Waals surface area contributed by atoms with E-state index in [1.165, 1.54) is 11.3 Å². The summed E-state index contributed by atoms with van der Waals surface area (Å²) in [4.78, 5) is 15.5. The summed E-state index contributed by atoms with van der Waals surface area (Å²) in [7, 11) is 0. The van der Waals surface area contributed by atoms with Crippen molar-refractivity contribution in [2.75, 3.05) is 0 Å². The number of hydrogen-bond acceptors (Lipinski definition) is 5. The molecule has 0 aliphatic carbocycles. The molecule has 0 saturated heterocycles. The first-order chi connectivity index (χ1) is 9.91. The van der Waals surface area contributed by atoms with Crippen LogP contribution in [0.15, 0.2) is 29.6 Å². The van der Waals surface area contributed by atoms with Gasteiger partial charge in [-0.2, -0.15) is 0 Å². The maximum atomic E-state index is 11.4. The van der Waals surface area contributed by atoms with Crippen LogP contribution in [0.1, 0.15) is 41.8 Å². The van der Waals surface area contributed by atoms with Crippen LogP contribution >= 0.6 is 11.3 Å². The normalized spacial score (nSPS) is 11.2. The van der Waals surface area contributed by atoms with Crippen molar-refractivity contribution in [1.82, 2.24) is 10.4 Å². The number of rotatable bonds is 4. The number of nitrogens with two attached hydrogens (primary N) is 1. The molecule has 1 amide bonds. The van der Waals surface area contributed by atoms with E-state index in [4.69, 9.17) is 10.6 Å². The number of nitrogens with one attached hydrogen (secondary N) is 1. The van der Waals surface area contributed by atoms with Gasteiger partial charge in [0.1, 0.15) is 12.4 Å². The second-order valence-corrected chi connectivity index (χ2v) is 6.51. The molecule has 0 saturated carbocycles. The third-order valence-electron chi connectivity index (χ3n) is 2.95. The van der Waals surface area contributed by atoms with Gasteiger partial charge in [0.15, 0.2) is 5.01 Å². The predicted molar refractivity (Wildman–Crippen MR) is 83.2 cm³/mol. The van der Waals surface area contributed by atoms with Crippen LogP contribution in [0.4, 0.5) is 0 Å². The molecule has 0 spiro atoms. The molecule has 6 heteroatoms. The van der Waals surface area contributed by atoms with Gasteiger partial charge in [-0.15, -0.1) is 11.3 Å². The largest absolute Gasteiger partial charge is 0.487 e. The molecule has 0 aliphatic heterocycles. The van der Waals surface area contributed by atoms with E-state index in [1.54, 1.807) is 5.38 Å². The lowest BCUT2D eigenvalue weighted by Gasteiger charge is -2.22.